The van der Waals surface area contributed by atoms with Gasteiger partial charge in [-0.3, -0.25) is 0 Å². The van der Waals surface area contributed by atoms with Crippen molar-refractivity contribution in [2.45, 2.75) is 19.3 Å². The Morgan fingerprint density at radius 1 is 0.867 bits per heavy atom. The molecule has 3 rings (SSSR count). The predicted molar refractivity (Wildman–Crippen MR) is 64.0 cm³/mol. The monoisotopic (exact) mass is 195 g/mol. The molecule has 0 amide bonds. The molecule has 15 heavy (non-hydrogen) atoms. The first-order valence-corrected chi connectivity index (χ1v) is 5.32. The van der Waals surface area contributed by atoms with Crippen LogP contribution in [0.3, 0.4) is 0 Å². The van der Waals surface area contributed by atoms with Crippen molar-refractivity contribution in [3.05, 3.63) is 59.6 Å². The van der Waals surface area contributed by atoms with Gasteiger partial charge in [0.2, 0.25) is 0 Å². The van der Waals surface area contributed by atoms with Crippen LogP contribution in [0.5, 0.6) is 0 Å². The lowest BCUT2D eigenvalue weighted by atomic mass is 9.82. The first kappa shape index (κ1) is 7.70. The molecule has 1 aliphatic rings. The van der Waals surface area contributed by atoms with Crippen molar-refractivity contribution in [1.29, 1.82) is 0 Å². The summed E-state index contributed by atoms with van der Waals surface area (Å²) < 4.78 is 7.73. The van der Waals surface area contributed by atoms with E-state index in [9.17, 15) is 0 Å². The van der Waals surface area contributed by atoms with Crippen molar-refractivity contribution in [1.82, 2.24) is 0 Å². The molecular weight excluding hydrogens is 180 g/mol. The third-order valence-electron chi connectivity index (χ3n) is 3.43. The number of benzene rings is 2. The van der Waals surface area contributed by atoms with Crippen LogP contribution in [-0.4, -0.2) is 0 Å². The molecule has 2 aromatic rings. The quantitative estimate of drug-likeness (QED) is 0.596. The highest BCUT2D eigenvalue weighted by Crippen LogP contribution is 2.47. The van der Waals surface area contributed by atoms with Gasteiger partial charge >= 0.3 is 0 Å². The van der Waals surface area contributed by atoms with Crippen LogP contribution in [0.15, 0.2) is 48.5 Å². The van der Waals surface area contributed by atoms with Gasteiger partial charge in [-0.05, 0) is 22.3 Å². The maximum atomic E-state index is 7.73. The summed E-state index contributed by atoms with van der Waals surface area (Å²) in [5.74, 6) is 0. The van der Waals surface area contributed by atoms with Gasteiger partial charge in [-0.25, -0.2) is 0 Å². The summed E-state index contributed by atoms with van der Waals surface area (Å²) in [6.45, 7) is 4.50. The van der Waals surface area contributed by atoms with Gasteiger partial charge in [0.25, 0.3) is 0 Å². The van der Waals surface area contributed by atoms with Crippen LogP contribution in [-0.2, 0) is 5.41 Å². The van der Waals surface area contributed by atoms with E-state index in [0.29, 0.717) is 6.04 Å². The number of rotatable bonds is 0. The Morgan fingerprint density at radius 2 is 1.47 bits per heavy atom. The van der Waals surface area contributed by atoms with E-state index in [1.807, 2.05) is 12.1 Å². The molecule has 0 nitrogen and oxygen atoms in total. The summed E-state index contributed by atoms with van der Waals surface area (Å²) in [5.41, 5.74) is 5.30. The van der Waals surface area contributed by atoms with Gasteiger partial charge in [0.15, 0.2) is 0 Å². The fourth-order valence-corrected chi connectivity index (χ4v) is 2.61. The summed E-state index contributed by atoms with van der Waals surface area (Å²) >= 11 is 0. The van der Waals surface area contributed by atoms with Crippen molar-refractivity contribution in [3.8, 4) is 11.1 Å². The Morgan fingerprint density at radius 3 is 2.27 bits per heavy atom. The fraction of sp³-hybridized carbons (Fsp3) is 0.200. The van der Waals surface area contributed by atoms with Crippen LogP contribution in [0.2, 0.25) is 0 Å². The van der Waals surface area contributed by atoms with Crippen molar-refractivity contribution in [2.24, 2.45) is 0 Å². The second-order valence-corrected chi connectivity index (χ2v) is 4.64. The minimum atomic E-state index is 0.0691. The summed E-state index contributed by atoms with van der Waals surface area (Å²) in [6, 6.07) is 15.1. The molecule has 0 bridgehead atoms. The lowest BCUT2D eigenvalue weighted by molar-refractivity contribution is 0.660. The summed E-state index contributed by atoms with van der Waals surface area (Å²) in [4.78, 5) is 0. The van der Waals surface area contributed by atoms with E-state index in [4.69, 9.17) is 1.37 Å². The van der Waals surface area contributed by atoms with E-state index < -0.39 is 0 Å². The van der Waals surface area contributed by atoms with Crippen molar-refractivity contribution >= 4 is 0 Å². The first-order chi connectivity index (χ1) is 7.60. The molecule has 0 N–H and O–H groups in total. The minimum Gasteiger partial charge on any atom is -0.0619 e. The normalized spacial score (nSPS) is 16.8. The molecule has 1 aliphatic carbocycles. The van der Waals surface area contributed by atoms with Gasteiger partial charge in [0.1, 0.15) is 0 Å². The fourth-order valence-electron chi connectivity index (χ4n) is 2.61. The number of fused-ring (bicyclic) bond motifs is 3. The molecule has 2 aromatic carbocycles. The Balaban J connectivity index is 2.40. The molecule has 0 heteroatoms. The largest absolute Gasteiger partial charge is 0.0623 e. The molecule has 0 unspecified atom stereocenters. The zero-order valence-corrected chi connectivity index (χ0v) is 9.04. The third kappa shape index (κ3) is 1.02. The number of hydrogen-bond donors (Lipinski definition) is 0. The zero-order valence-electron chi connectivity index (χ0n) is 10.0. The highest BCUT2D eigenvalue weighted by molar-refractivity contribution is 5.80. The molecule has 0 heterocycles. The van der Waals surface area contributed by atoms with Gasteiger partial charge < -0.3 is 0 Å². The van der Waals surface area contributed by atoms with Crippen molar-refractivity contribution < 1.29 is 1.37 Å². The maximum Gasteiger partial charge on any atom is 0.0623 e. The predicted octanol–water partition coefficient (Wildman–Crippen LogP) is 3.99. The molecular formula is C15H14. The van der Waals surface area contributed by atoms with Crippen LogP contribution in [0.25, 0.3) is 11.1 Å². The van der Waals surface area contributed by atoms with E-state index in [1.165, 1.54) is 22.3 Å². The van der Waals surface area contributed by atoms with Crippen LogP contribution in [0.1, 0.15) is 26.3 Å². The van der Waals surface area contributed by atoms with E-state index in [1.54, 1.807) is 0 Å². The van der Waals surface area contributed by atoms with Gasteiger partial charge in [-0.15, -0.1) is 0 Å². The van der Waals surface area contributed by atoms with Crippen LogP contribution >= 0.6 is 0 Å². The average molecular weight is 195 g/mol. The second kappa shape index (κ2) is 2.73. The van der Waals surface area contributed by atoms with Crippen LogP contribution in [0.4, 0.5) is 0 Å². The van der Waals surface area contributed by atoms with Gasteiger partial charge in [0.05, 0.1) is 1.37 Å². The Kier molecular flexibility index (Phi) is 1.40. The summed E-state index contributed by atoms with van der Waals surface area (Å²) in [5, 5.41) is 0. The lowest BCUT2D eigenvalue weighted by Gasteiger charge is -2.20. The summed E-state index contributed by atoms with van der Waals surface area (Å²) in [6.07, 6.45) is 0. The first-order valence-electron chi connectivity index (χ1n) is 5.82. The average Bonchev–Trinajstić information content (AvgIpc) is 2.49. The van der Waals surface area contributed by atoms with Crippen molar-refractivity contribution in [3.63, 3.8) is 0 Å². The molecule has 0 spiro atoms. The van der Waals surface area contributed by atoms with Crippen LogP contribution < -0.4 is 0 Å². The maximum absolute atomic E-state index is 7.73. The lowest BCUT2D eigenvalue weighted by Crippen LogP contribution is -2.14. The smallest absolute Gasteiger partial charge is 0.0619 e. The molecule has 0 saturated carbocycles. The molecule has 0 saturated heterocycles. The van der Waals surface area contributed by atoms with Gasteiger partial charge in [-0.1, -0.05) is 62.4 Å². The Hall–Kier alpha value is -1.56. The molecule has 0 atom stereocenters. The minimum absolute atomic E-state index is 0.0691. The Labute approximate surface area is 92.0 Å². The highest BCUT2D eigenvalue weighted by atomic mass is 14.4. The second-order valence-electron chi connectivity index (χ2n) is 4.64. The van der Waals surface area contributed by atoms with Crippen molar-refractivity contribution in [2.75, 3.05) is 0 Å². The Bertz CT molecular complexity index is 567. The van der Waals surface area contributed by atoms with Gasteiger partial charge in [0, 0.05) is 5.41 Å². The molecule has 0 radical (unpaired) electrons. The topological polar surface area (TPSA) is 0 Å². The number of hydrogen-bond acceptors (Lipinski definition) is 0. The van der Waals surface area contributed by atoms with E-state index >= 15 is 0 Å². The molecule has 0 aliphatic heterocycles. The summed E-state index contributed by atoms with van der Waals surface area (Å²) in [7, 11) is 0. The van der Waals surface area contributed by atoms with E-state index in [2.05, 4.69) is 44.2 Å². The highest BCUT2D eigenvalue weighted by Gasteiger charge is 2.34. The van der Waals surface area contributed by atoms with Gasteiger partial charge in [-0.2, -0.15) is 0 Å². The van der Waals surface area contributed by atoms with Crippen LogP contribution in [0, 0.1) is 0 Å². The molecule has 0 fully saturated rings. The SMILES string of the molecule is [2H]c1ccc2c(c1)-c1ccccc1C2(C)C. The zero-order chi connectivity index (χ0) is 11.3. The standard InChI is InChI=1S/C15H14/c1-15(2)13-9-5-3-7-11(13)12-8-4-6-10-14(12)15/h3-10H,1-2H3/i3D. The van der Waals surface area contributed by atoms with E-state index in [0.717, 1.165) is 0 Å². The van der Waals surface area contributed by atoms with E-state index in [-0.39, 0.29) is 5.41 Å². The third-order valence-corrected chi connectivity index (χ3v) is 3.43. The molecule has 74 valence electrons. The molecule has 0 aromatic heterocycles.